The Labute approximate surface area is 168 Å². The average Bonchev–Trinajstić information content (AvgIpc) is 2.66. The molecule has 0 aromatic heterocycles. The van der Waals surface area contributed by atoms with Crippen LogP contribution in [0.15, 0.2) is 42.2 Å². The normalized spacial score (nSPS) is 12.7. The van der Waals surface area contributed by atoms with Gasteiger partial charge in [-0.3, -0.25) is 4.79 Å². The second-order valence-corrected chi connectivity index (χ2v) is 6.32. The lowest BCUT2D eigenvalue weighted by Crippen LogP contribution is -2.13. The molecule has 0 saturated carbocycles. The molecule has 0 unspecified atom stereocenters. The van der Waals surface area contributed by atoms with Gasteiger partial charge in [0.2, 0.25) is 0 Å². The summed E-state index contributed by atoms with van der Waals surface area (Å²) >= 11 is 0. The van der Waals surface area contributed by atoms with E-state index < -0.39 is 23.5 Å². The molecule has 1 aromatic carbocycles. The molecule has 29 heavy (non-hydrogen) atoms. The molecule has 0 atom stereocenters. The third-order valence-electron chi connectivity index (χ3n) is 4.31. The number of carbonyl (C=O) groups is 1. The second kappa shape index (κ2) is 10.8. The lowest BCUT2D eigenvalue weighted by atomic mass is 9.94. The Hall–Kier alpha value is -2.57. The number of rotatable bonds is 9. The summed E-state index contributed by atoms with van der Waals surface area (Å²) in [4.78, 5) is 11.5. The summed E-state index contributed by atoms with van der Waals surface area (Å²) in [7, 11) is 1.53. The van der Waals surface area contributed by atoms with Crippen molar-refractivity contribution < 1.29 is 31.8 Å². The van der Waals surface area contributed by atoms with E-state index in [0.717, 1.165) is 6.07 Å². The maximum Gasteiger partial charge on any atom is 0.419 e. The van der Waals surface area contributed by atoms with E-state index in [-0.39, 0.29) is 30.6 Å². The number of hydrogen-bond acceptors (Lipinski definition) is 3. The van der Waals surface area contributed by atoms with Crippen LogP contribution in [0.3, 0.4) is 0 Å². The molecule has 1 rings (SSSR count). The molecule has 0 aliphatic heterocycles. The smallest absolute Gasteiger partial charge is 0.419 e. The first kappa shape index (κ1) is 24.5. The summed E-state index contributed by atoms with van der Waals surface area (Å²) in [6, 6.07) is 2.04. The van der Waals surface area contributed by atoms with Crippen LogP contribution in [0, 0.1) is 5.82 Å². The maximum absolute atomic E-state index is 14.5. The summed E-state index contributed by atoms with van der Waals surface area (Å²) in [6.07, 6.45) is -1.26. The zero-order valence-electron chi connectivity index (χ0n) is 17.1. The van der Waals surface area contributed by atoms with E-state index in [1.54, 1.807) is 26.0 Å². The van der Waals surface area contributed by atoms with Crippen LogP contribution in [0.1, 0.15) is 50.3 Å². The number of aryl methyl sites for hydroxylation is 1. The van der Waals surface area contributed by atoms with E-state index in [1.165, 1.54) is 13.2 Å². The molecule has 0 N–H and O–H groups in total. The van der Waals surface area contributed by atoms with Gasteiger partial charge in [0, 0.05) is 12.8 Å². The first-order chi connectivity index (χ1) is 13.5. The Balaban J connectivity index is 3.33. The summed E-state index contributed by atoms with van der Waals surface area (Å²) in [5.41, 5.74) is -0.544. The highest BCUT2D eigenvalue weighted by Crippen LogP contribution is 2.36. The zero-order chi connectivity index (χ0) is 22.2. The summed E-state index contributed by atoms with van der Waals surface area (Å²) in [5.74, 6) is -1.28. The maximum atomic E-state index is 14.5. The van der Waals surface area contributed by atoms with E-state index in [2.05, 4.69) is 6.58 Å². The number of ether oxygens (including phenoxy) is 2. The summed E-state index contributed by atoms with van der Waals surface area (Å²) in [5, 5.41) is 0. The van der Waals surface area contributed by atoms with Crippen molar-refractivity contribution >= 4 is 11.5 Å². The number of hydrogen-bond donors (Lipinski definition) is 0. The van der Waals surface area contributed by atoms with Crippen molar-refractivity contribution in [2.24, 2.45) is 0 Å². The Morgan fingerprint density at radius 3 is 2.38 bits per heavy atom. The topological polar surface area (TPSA) is 35.5 Å². The average molecular weight is 414 g/mol. The molecule has 160 valence electrons. The van der Waals surface area contributed by atoms with Gasteiger partial charge in [0.1, 0.15) is 5.82 Å². The van der Waals surface area contributed by atoms with E-state index >= 15 is 0 Å². The Kier molecular flexibility index (Phi) is 9.14. The van der Waals surface area contributed by atoms with Crippen molar-refractivity contribution in [1.82, 2.24) is 0 Å². The SMILES string of the molecule is C=C(/C(C)=C\C=C(/CC)OC)c1cc(CCC(=O)OCC)c(F)c(C(F)(F)F)c1. The minimum atomic E-state index is -4.87. The number of carbonyl (C=O) groups excluding carboxylic acids is 1. The van der Waals surface area contributed by atoms with E-state index in [4.69, 9.17) is 9.47 Å². The summed E-state index contributed by atoms with van der Waals surface area (Å²) in [6.45, 7) is 9.20. The third kappa shape index (κ3) is 7.07. The largest absolute Gasteiger partial charge is 0.501 e. The Bertz CT molecular complexity index is 799. The predicted molar refractivity (Wildman–Crippen MR) is 105 cm³/mol. The molecular formula is C22H26F4O3. The fourth-order valence-corrected chi connectivity index (χ4v) is 2.59. The van der Waals surface area contributed by atoms with Gasteiger partial charge in [-0.15, -0.1) is 0 Å². The van der Waals surface area contributed by atoms with Gasteiger partial charge in [0.05, 0.1) is 25.0 Å². The van der Waals surface area contributed by atoms with Crippen LogP contribution in [-0.2, 0) is 26.9 Å². The molecule has 0 saturated heterocycles. The quantitative estimate of drug-likeness (QED) is 0.208. The molecule has 0 radical (unpaired) electrons. The lowest BCUT2D eigenvalue weighted by Gasteiger charge is -2.16. The number of allylic oxidation sites excluding steroid dienone is 5. The van der Waals surface area contributed by atoms with E-state index in [9.17, 15) is 22.4 Å². The van der Waals surface area contributed by atoms with Crippen molar-refractivity contribution in [1.29, 1.82) is 0 Å². The van der Waals surface area contributed by atoms with Gasteiger partial charge < -0.3 is 9.47 Å². The van der Waals surface area contributed by atoms with Crippen molar-refractivity contribution in [3.63, 3.8) is 0 Å². The second-order valence-electron chi connectivity index (χ2n) is 6.32. The van der Waals surface area contributed by atoms with Gasteiger partial charge in [-0.25, -0.2) is 4.39 Å². The fourth-order valence-electron chi connectivity index (χ4n) is 2.59. The molecule has 0 fully saturated rings. The molecule has 0 aliphatic rings. The molecule has 0 aliphatic carbocycles. The van der Waals surface area contributed by atoms with Gasteiger partial charge in [-0.05, 0) is 60.8 Å². The number of esters is 1. The van der Waals surface area contributed by atoms with Crippen LogP contribution in [0.4, 0.5) is 17.6 Å². The molecular weight excluding hydrogens is 388 g/mol. The predicted octanol–water partition coefficient (Wildman–Crippen LogP) is 6.24. The highest BCUT2D eigenvalue weighted by atomic mass is 19.4. The van der Waals surface area contributed by atoms with Crippen molar-refractivity contribution in [2.75, 3.05) is 13.7 Å². The number of halogens is 4. The Morgan fingerprint density at radius 2 is 1.86 bits per heavy atom. The van der Waals surface area contributed by atoms with Crippen LogP contribution in [-0.4, -0.2) is 19.7 Å². The minimum Gasteiger partial charge on any atom is -0.501 e. The molecule has 1 aromatic rings. The van der Waals surface area contributed by atoms with E-state index in [1.807, 2.05) is 6.92 Å². The van der Waals surface area contributed by atoms with Crippen LogP contribution in [0.5, 0.6) is 0 Å². The first-order valence-electron chi connectivity index (χ1n) is 9.21. The van der Waals surface area contributed by atoms with Crippen LogP contribution >= 0.6 is 0 Å². The van der Waals surface area contributed by atoms with Crippen LogP contribution < -0.4 is 0 Å². The number of alkyl halides is 3. The monoisotopic (exact) mass is 414 g/mol. The van der Waals surface area contributed by atoms with Gasteiger partial charge in [-0.1, -0.05) is 19.6 Å². The van der Waals surface area contributed by atoms with Gasteiger partial charge >= 0.3 is 12.1 Å². The van der Waals surface area contributed by atoms with Gasteiger partial charge in [-0.2, -0.15) is 13.2 Å². The highest BCUT2D eigenvalue weighted by Gasteiger charge is 2.35. The number of benzene rings is 1. The molecule has 0 spiro atoms. The van der Waals surface area contributed by atoms with E-state index in [0.29, 0.717) is 23.3 Å². The zero-order valence-corrected chi connectivity index (χ0v) is 17.1. The highest BCUT2D eigenvalue weighted by molar-refractivity contribution is 5.78. The van der Waals surface area contributed by atoms with Crippen molar-refractivity contribution in [2.45, 2.75) is 46.2 Å². The van der Waals surface area contributed by atoms with Crippen LogP contribution in [0.25, 0.3) is 5.57 Å². The van der Waals surface area contributed by atoms with Gasteiger partial charge in [0.15, 0.2) is 0 Å². The first-order valence-corrected chi connectivity index (χ1v) is 9.21. The van der Waals surface area contributed by atoms with Gasteiger partial charge in [0.25, 0.3) is 0 Å². The fraction of sp³-hybridized carbons (Fsp3) is 0.409. The van der Waals surface area contributed by atoms with Crippen molar-refractivity contribution in [3.05, 3.63) is 64.7 Å². The molecule has 0 bridgehead atoms. The standard InChI is InChI=1S/C22H26F4O3/c1-6-18(28-5)10-8-14(3)15(4)17-12-16(9-11-20(27)29-7-2)21(23)19(13-17)22(24,25)26/h8,10,12-13H,4,6-7,9,11H2,1-3,5H3/b14-8-,18-10+. The lowest BCUT2D eigenvalue weighted by molar-refractivity contribution is -0.143. The number of methoxy groups -OCH3 is 1. The molecule has 0 amide bonds. The molecule has 0 heterocycles. The third-order valence-corrected chi connectivity index (χ3v) is 4.31. The molecule has 7 heteroatoms. The molecule has 3 nitrogen and oxygen atoms in total. The summed E-state index contributed by atoms with van der Waals surface area (Å²) < 4.78 is 64.4. The Morgan fingerprint density at radius 1 is 1.21 bits per heavy atom. The van der Waals surface area contributed by atoms with Crippen molar-refractivity contribution in [3.8, 4) is 0 Å². The van der Waals surface area contributed by atoms with Crippen LogP contribution in [0.2, 0.25) is 0 Å². The minimum absolute atomic E-state index is 0.134.